The van der Waals surface area contributed by atoms with Crippen molar-refractivity contribution in [1.82, 2.24) is 0 Å². The van der Waals surface area contributed by atoms with Gasteiger partial charge in [0, 0.05) is 13.5 Å². The molecule has 0 aliphatic carbocycles. The van der Waals surface area contributed by atoms with Crippen LogP contribution in [0.15, 0.2) is 60.7 Å². The lowest BCUT2D eigenvalue weighted by Gasteiger charge is -2.43. The van der Waals surface area contributed by atoms with Gasteiger partial charge in [-0.05, 0) is 11.1 Å². The summed E-state index contributed by atoms with van der Waals surface area (Å²) >= 11 is 0. The van der Waals surface area contributed by atoms with Crippen LogP contribution in [0.4, 0.5) is 0 Å². The molecular formula is C24H28O7. The minimum Gasteiger partial charge on any atom is -0.433 e. The quantitative estimate of drug-likeness (QED) is 0.424. The van der Waals surface area contributed by atoms with Crippen LogP contribution in [-0.2, 0) is 46.5 Å². The molecule has 1 fully saturated rings. The summed E-state index contributed by atoms with van der Waals surface area (Å²) in [4.78, 5) is 24.1. The number of hydrogen-bond acceptors (Lipinski definition) is 7. The molecule has 0 saturated carbocycles. The van der Waals surface area contributed by atoms with Gasteiger partial charge in [0.1, 0.15) is 18.5 Å². The van der Waals surface area contributed by atoms with Crippen LogP contribution < -0.4 is 0 Å². The molecule has 0 N–H and O–H groups in total. The number of carbonyl (C=O) groups excluding carboxylic acids is 2. The van der Waals surface area contributed by atoms with Crippen molar-refractivity contribution in [3.8, 4) is 0 Å². The first-order valence-corrected chi connectivity index (χ1v) is 10.3. The third-order valence-electron chi connectivity index (χ3n) is 5.06. The molecule has 0 unspecified atom stereocenters. The third kappa shape index (κ3) is 6.21. The van der Waals surface area contributed by atoms with E-state index in [0.717, 1.165) is 17.4 Å². The number of carbonyl (C=O) groups is 2. The largest absolute Gasteiger partial charge is 0.433 e. The standard InChI is InChI=1S/C24H28O7/c1-3-20(26)30-24-22(29-16-18-12-8-5-9-13-18)19(14-25)21(23(27-2)31-24)28-15-17-10-6-4-7-11-17/h4-14,19,21-24H,3,15-16H2,1-2H3/t19-,21-,22-,23-,24-/m0/s1. The second-order valence-corrected chi connectivity index (χ2v) is 7.19. The zero-order chi connectivity index (χ0) is 22.1. The van der Waals surface area contributed by atoms with E-state index in [1.165, 1.54) is 7.11 Å². The fourth-order valence-corrected chi connectivity index (χ4v) is 3.40. The number of hydrogen-bond donors (Lipinski definition) is 0. The van der Waals surface area contributed by atoms with Crippen molar-refractivity contribution in [3.05, 3.63) is 71.8 Å². The Hall–Kier alpha value is -2.58. The maximum atomic E-state index is 12.2. The van der Waals surface area contributed by atoms with Crippen molar-refractivity contribution < 1.29 is 33.3 Å². The average Bonchev–Trinajstić information content (AvgIpc) is 2.82. The second kappa shape index (κ2) is 11.7. The summed E-state index contributed by atoms with van der Waals surface area (Å²) in [5, 5.41) is 0. The molecule has 166 valence electrons. The first kappa shape index (κ1) is 23.1. The molecule has 1 aliphatic rings. The summed E-state index contributed by atoms with van der Waals surface area (Å²) in [6.45, 7) is 2.17. The summed E-state index contributed by atoms with van der Waals surface area (Å²) < 4.78 is 28.8. The van der Waals surface area contributed by atoms with Crippen LogP contribution >= 0.6 is 0 Å². The predicted molar refractivity (Wildman–Crippen MR) is 112 cm³/mol. The molecular weight excluding hydrogens is 400 g/mol. The van der Waals surface area contributed by atoms with Gasteiger partial charge in [-0.15, -0.1) is 0 Å². The van der Waals surface area contributed by atoms with Gasteiger partial charge >= 0.3 is 5.97 Å². The Morgan fingerprint density at radius 1 is 0.903 bits per heavy atom. The third-order valence-corrected chi connectivity index (χ3v) is 5.06. The predicted octanol–water partition coefficient (Wildman–Crippen LogP) is 3.25. The first-order valence-electron chi connectivity index (χ1n) is 10.3. The first-order chi connectivity index (χ1) is 15.2. The number of rotatable bonds is 10. The number of benzene rings is 2. The van der Waals surface area contributed by atoms with Crippen LogP contribution in [0, 0.1) is 5.92 Å². The smallest absolute Gasteiger partial charge is 0.307 e. The highest BCUT2D eigenvalue weighted by atomic mass is 16.8. The average molecular weight is 428 g/mol. The van der Waals surface area contributed by atoms with Gasteiger partial charge < -0.3 is 28.5 Å². The van der Waals surface area contributed by atoms with Crippen molar-refractivity contribution in [2.75, 3.05) is 7.11 Å². The summed E-state index contributed by atoms with van der Waals surface area (Å²) in [5.74, 6) is -1.22. The molecule has 0 amide bonds. The fourth-order valence-electron chi connectivity index (χ4n) is 3.40. The van der Waals surface area contributed by atoms with Gasteiger partial charge in [0.05, 0.1) is 19.1 Å². The Kier molecular flexibility index (Phi) is 8.73. The number of esters is 1. The Balaban J connectivity index is 1.79. The van der Waals surface area contributed by atoms with Crippen LogP contribution in [-0.4, -0.2) is 44.2 Å². The number of aldehydes is 1. The lowest BCUT2D eigenvalue weighted by atomic mass is 9.93. The van der Waals surface area contributed by atoms with E-state index in [4.69, 9.17) is 23.7 Å². The summed E-state index contributed by atoms with van der Waals surface area (Å²) in [6, 6.07) is 19.1. The van der Waals surface area contributed by atoms with Gasteiger partial charge in [-0.1, -0.05) is 67.6 Å². The van der Waals surface area contributed by atoms with Gasteiger partial charge in [-0.3, -0.25) is 4.79 Å². The molecule has 3 rings (SSSR count). The van der Waals surface area contributed by atoms with Crippen molar-refractivity contribution >= 4 is 12.3 Å². The molecule has 31 heavy (non-hydrogen) atoms. The second-order valence-electron chi connectivity index (χ2n) is 7.19. The van der Waals surface area contributed by atoms with Gasteiger partial charge in [0.25, 0.3) is 0 Å². The molecule has 5 atom stereocenters. The van der Waals surface area contributed by atoms with E-state index in [-0.39, 0.29) is 19.6 Å². The highest BCUT2D eigenvalue weighted by molar-refractivity contribution is 5.69. The minimum absolute atomic E-state index is 0.169. The van der Waals surface area contributed by atoms with Gasteiger partial charge in [-0.2, -0.15) is 0 Å². The Morgan fingerprint density at radius 3 is 1.87 bits per heavy atom. The minimum atomic E-state index is -1.09. The normalized spacial score (nSPS) is 25.7. The maximum absolute atomic E-state index is 12.2. The molecule has 0 spiro atoms. The molecule has 0 bridgehead atoms. The zero-order valence-corrected chi connectivity index (χ0v) is 17.7. The molecule has 0 radical (unpaired) electrons. The molecule has 2 aromatic carbocycles. The molecule has 7 heteroatoms. The fraction of sp³-hybridized carbons (Fsp3) is 0.417. The van der Waals surface area contributed by atoms with Gasteiger partial charge in [0.15, 0.2) is 6.29 Å². The number of methoxy groups -OCH3 is 1. The topological polar surface area (TPSA) is 80.3 Å². The van der Waals surface area contributed by atoms with E-state index in [0.29, 0.717) is 0 Å². The molecule has 7 nitrogen and oxygen atoms in total. The molecule has 1 heterocycles. The SMILES string of the molecule is CCC(=O)O[C@H]1O[C@H](OC)[C@@H](OCc2ccccc2)[C@H](C=O)[C@@H]1OCc1ccccc1. The van der Waals surface area contributed by atoms with Crippen molar-refractivity contribution in [3.63, 3.8) is 0 Å². The van der Waals surface area contributed by atoms with Crippen LogP contribution in [0.1, 0.15) is 24.5 Å². The van der Waals surface area contributed by atoms with Crippen LogP contribution in [0.25, 0.3) is 0 Å². The van der Waals surface area contributed by atoms with Crippen LogP contribution in [0.3, 0.4) is 0 Å². The lowest BCUT2D eigenvalue weighted by molar-refractivity contribution is -0.337. The Bertz CT molecular complexity index is 811. The van der Waals surface area contributed by atoms with E-state index in [1.54, 1.807) is 6.92 Å². The van der Waals surface area contributed by atoms with Gasteiger partial charge in [-0.25, -0.2) is 0 Å². The van der Waals surface area contributed by atoms with E-state index >= 15 is 0 Å². The van der Waals surface area contributed by atoms with E-state index < -0.39 is 36.7 Å². The van der Waals surface area contributed by atoms with Crippen molar-refractivity contribution in [2.24, 2.45) is 5.92 Å². The molecule has 1 saturated heterocycles. The molecule has 1 aliphatic heterocycles. The van der Waals surface area contributed by atoms with Crippen molar-refractivity contribution in [1.29, 1.82) is 0 Å². The molecule has 2 aromatic rings. The monoisotopic (exact) mass is 428 g/mol. The Labute approximate surface area is 182 Å². The number of ether oxygens (including phenoxy) is 5. The summed E-state index contributed by atoms with van der Waals surface area (Å²) in [7, 11) is 1.45. The van der Waals surface area contributed by atoms with Crippen LogP contribution in [0.5, 0.6) is 0 Å². The van der Waals surface area contributed by atoms with Gasteiger partial charge in [0.2, 0.25) is 6.29 Å². The summed E-state index contributed by atoms with van der Waals surface area (Å²) in [6.07, 6.45) is -2.65. The van der Waals surface area contributed by atoms with Crippen LogP contribution in [0.2, 0.25) is 0 Å². The highest BCUT2D eigenvalue weighted by Crippen LogP contribution is 2.32. The molecule has 0 aromatic heterocycles. The Morgan fingerprint density at radius 2 is 1.42 bits per heavy atom. The highest BCUT2D eigenvalue weighted by Gasteiger charge is 2.49. The van der Waals surface area contributed by atoms with Crippen molar-refractivity contribution in [2.45, 2.75) is 51.3 Å². The lowest BCUT2D eigenvalue weighted by Crippen LogP contribution is -2.58. The zero-order valence-electron chi connectivity index (χ0n) is 17.7. The summed E-state index contributed by atoms with van der Waals surface area (Å²) in [5.41, 5.74) is 1.87. The maximum Gasteiger partial charge on any atom is 0.307 e. The van der Waals surface area contributed by atoms with E-state index in [2.05, 4.69) is 0 Å². The van der Waals surface area contributed by atoms with E-state index in [9.17, 15) is 9.59 Å². The van der Waals surface area contributed by atoms with E-state index in [1.807, 2.05) is 60.7 Å².